The topological polar surface area (TPSA) is 77.0 Å². The van der Waals surface area contributed by atoms with Crippen molar-refractivity contribution in [3.8, 4) is 17.0 Å². The molecule has 1 aromatic carbocycles. The number of hydrogen-bond acceptors (Lipinski definition) is 4. The number of nitrogen functional groups attached to an aromatic ring is 1. The average molecular weight is 448 g/mol. The zero-order valence-corrected chi connectivity index (χ0v) is 14.2. The summed E-state index contributed by atoms with van der Waals surface area (Å²) in [5, 5.41) is 14.6. The fraction of sp³-hybridized carbons (Fsp3) is 0. The maximum atomic E-state index is 13.4. The summed E-state index contributed by atoms with van der Waals surface area (Å²) in [6.45, 7) is 0. The zero-order valence-electron chi connectivity index (χ0n) is 9.71. The monoisotopic (exact) mass is 448 g/mol. The van der Waals surface area contributed by atoms with Crippen molar-refractivity contribution in [3.63, 3.8) is 0 Å². The van der Waals surface area contributed by atoms with E-state index in [-0.39, 0.29) is 5.75 Å². The molecule has 0 unspecified atom stereocenters. The molecule has 0 atom stereocenters. The van der Waals surface area contributed by atoms with E-state index >= 15 is 0 Å². The van der Waals surface area contributed by atoms with E-state index in [9.17, 15) is 9.50 Å². The molecule has 5 nitrogen and oxygen atoms in total. The minimum atomic E-state index is -0.643. The molecule has 0 saturated heterocycles. The Morgan fingerprint density at radius 2 is 2.11 bits per heavy atom. The summed E-state index contributed by atoms with van der Waals surface area (Å²) in [7, 11) is 0. The number of nitrogens with two attached hydrogens (primary N) is 1. The van der Waals surface area contributed by atoms with Crippen molar-refractivity contribution in [1.29, 1.82) is 0 Å². The number of fused-ring (bicyclic) bond motifs is 1. The first kappa shape index (κ1) is 12.3. The molecule has 3 aromatic rings. The number of aromatic nitrogens is 3. The van der Waals surface area contributed by atoms with Gasteiger partial charge in [-0.3, -0.25) is 0 Å². The van der Waals surface area contributed by atoms with Crippen molar-refractivity contribution in [2.75, 3.05) is 5.73 Å². The van der Waals surface area contributed by atoms with Gasteiger partial charge in [0.25, 0.3) is 0 Å². The molecule has 92 valence electrons. The van der Waals surface area contributed by atoms with Crippen molar-refractivity contribution in [1.82, 2.24) is 12.6 Å². The van der Waals surface area contributed by atoms with Gasteiger partial charge in [0, 0.05) is 0 Å². The molecule has 0 saturated carbocycles. The summed E-state index contributed by atoms with van der Waals surface area (Å²) in [5.41, 5.74) is 7.79. The summed E-state index contributed by atoms with van der Waals surface area (Å²) in [4.78, 5) is 3.93. The van der Waals surface area contributed by atoms with Gasteiger partial charge in [0.15, 0.2) is 0 Å². The van der Waals surface area contributed by atoms with Crippen molar-refractivity contribution >= 4 is 42.8 Å². The molecule has 0 aliphatic carbocycles. The van der Waals surface area contributed by atoms with E-state index in [1.807, 2.05) is 0 Å². The van der Waals surface area contributed by atoms with Crippen LogP contribution in [0.4, 0.5) is 10.2 Å². The van der Waals surface area contributed by atoms with Crippen LogP contribution >= 0.6 is 0 Å². The number of pyridine rings is 1. The fourth-order valence-electron chi connectivity index (χ4n) is 1.95. The van der Waals surface area contributed by atoms with Crippen molar-refractivity contribution in [3.05, 3.63) is 36.3 Å². The van der Waals surface area contributed by atoms with Crippen molar-refractivity contribution in [2.24, 2.45) is 0 Å². The SMILES string of the molecule is Nc1cc(-c2n[n]([Tl])c3cc(F)c(O)cc23)ccn1. The second-order valence-corrected chi connectivity index (χ2v) is 5.98. The Morgan fingerprint density at radius 1 is 1.32 bits per heavy atom. The van der Waals surface area contributed by atoms with E-state index in [1.54, 1.807) is 20.8 Å². The molecule has 3 rings (SSSR count). The second-order valence-electron chi connectivity index (χ2n) is 4.08. The Morgan fingerprint density at radius 3 is 2.84 bits per heavy atom. The van der Waals surface area contributed by atoms with Crippen LogP contribution in [0.5, 0.6) is 5.75 Å². The number of benzene rings is 1. The third-order valence-electron chi connectivity index (χ3n) is 2.83. The van der Waals surface area contributed by atoms with Crippen LogP contribution in [-0.2, 0) is 0 Å². The first-order valence-corrected chi connectivity index (χ1v) is 7.45. The molecule has 0 spiro atoms. The number of phenols is 1. The van der Waals surface area contributed by atoms with Crippen LogP contribution in [0.2, 0.25) is 0 Å². The third-order valence-corrected chi connectivity index (χ3v) is 4.36. The molecule has 3 N–H and O–H groups in total. The average Bonchev–Trinajstić information content (AvgIpc) is 2.68. The molecule has 0 amide bonds. The van der Waals surface area contributed by atoms with E-state index in [2.05, 4.69) is 10.1 Å². The van der Waals surface area contributed by atoms with Crippen LogP contribution in [0.3, 0.4) is 0 Å². The minimum absolute atomic E-state index is 0.381. The number of halogens is 1. The van der Waals surface area contributed by atoms with Crippen LogP contribution in [0.15, 0.2) is 30.5 Å². The number of rotatable bonds is 1. The number of nitrogens with zero attached hydrogens (tertiary/aromatic N) is 3. The van der Waals surface area contributed by atoms with E-state index in [4.69, 9.17) is 5.73 Å². The van der Waals surface area contributed by atoms with Crippen molar-refractivity contribution in [2.45, 2.75) is 0 Å². The standard InChI is InChI=1S/C12H8FN4O.Tl/c13-8-5-9-7(4-10(8)18)12(17-16-9)6-1-2-15-11(14)3-6;/h1-5H,(H3-,14,15,16,17,18);/q-1;+1. The Balaban J connectivity index is 2.33. The number of hydrogen-bond donors (Lipinski definition) is 2. The van der Waals surface area contributed by atoms with Gasteiger partial charge in [-0.25, -0.2) is 0 Å². The normalized spacial score (nSPS) is 10.9. The molecule has 0 fully saturated rings. The van der Waals surface area contributed by atoms with Gasteiger partial charge in [-0.15, -0.1) is 0 Å². The first-order valence-electron chi connectivity index (χ1n) is 5.44. The molecule has 7 heteroatoms. The molecule has 19 heavy (non-hydrogen) atoms. The molecule has 0 aliphatic heterocycles. The van der Waals surface area contributed by atoms with Gasteiger partial charge in [-0.05, 0) is 0 Å². The van der Waals surface area contributed by atoms with Gasteiger partial charge in [0.2, 0.25) is 0 Å². The number of aromatic hydroxyl groups is 1. The molecular formula is C12H8FN4OTl. The van der Waals surface area contributed by atoms with Gasteiger partial charge in [0.05, 0.1) is 0 Å². The predicted octanol–water partition coefficient (Wildman–Crippen LogP) is 1.46. The van der Waals surface area contributed by atoms with Crippen LogP contribution in [-0.4, -0.2) is 43.7 Å². The van der Waals surface area contributed by atoms with Gasteiger partial charge in [-0.1, -0.05) is 0 Å². The van der Waals surface area contributed by atoms with E-state index in [0.717, 1.165) is 5.56 Å². The van der Waals surface area contributed by atoms with E-state index in [0.29, 0.717) is 48.5 Å². The predicted molar refractivity (Wildman–Crippen MR) is 70.2 cm³/mol. The van der Waals surface area contributed by atoms with Crippen LogP contribution in [0, 0.1) is 5.82 Å². The van der Waals surface area contributed by atoms with Gasteiger partial charge in [0.1, 0.15) is 0 Å². The van der Waals surface area contributed by atoms with Gasteiger partial charge >= 0.3 is 124 Å². The zero-order chi connectivity index (χ0) is 13.6. The van der Waals surface area contributed by atoms with E-state index < -0.39 is 5.82 Å². The molecule has 0 aliphatic rings. The summed E-state index contributed by atoms with van der Waals surface area (Å²) in [5.74, 6) is -0.633. The first-order chi connectivity index (χ1) is 9.06. The van der Waals surface area contributed by atoms with Gasteiger partial charge < -0.3 is 0 Å². The van der Waals surface area contributed by atoms with Crippen LogP contribution in [0.25, 0.3) is 22.2 Å². The molecular weight excluding hydrogens is 440 g/mol. The Hall–Kier alpha value is -1.71. The Labute approximate surface area is 124 Å². The van der Waals surface area contributed by atoms with Crippen LogP contribution in [0.1, 0.15) is 0 Å². The number of phenolic OH excluding ortho intramolecular Hbond substituents is 1. The molecule has 0 bridgehead atoms. The third kappa shape index (κ3) is 2.05. The fourth-order valence-corrected chi connectivity index (χ4v) is 3.23. The quantitative estimate of drug-likeness (QED) is 0.554. The number of anilines is 1. The summed E-state index contributed by atoms with van der Waals surface area (Å²) >= 11 is 0.393. The molecule has 2 heterocycles. The van der Waals surface area contributed by atoms with E-state index in [1.165, 1.54) is 12.1 Å². The molecule has 0 radical (unpaired) electrons. The Bertz CT molecular complexity index is 787. The van der Waals surface area contributed by atoms with Gasteiger partial charge in [-0.2, -0.15) is 0 Å². The maximum absolute atomic E-state index is 13.4. The Kier molecular flexibility index (Phi) is 2.88. The van der Waals surface area contributed by atoms with Crippen LogP contribution < -0.4 is 5.73 Å². The molecule has 2 aromatic heterocycles. The second kappa shape index (κ2) is 4.44. The summed E-state index contributed by atoms with van der Waals surface area (Å²) < 4.78 is 15.1. The summed E-state index contributed by atoms with van der Waals surface area (Å²) in [6, 6.07) is 6.17. The summed E-state index contributed by atoms with van der Waals surface area (Å²) in [6.07, 6.45) is 1.59. The van der Waals surface area contributed by atoms with Crippen molar-refractivity contribution < 1.29 is 9.50 Å².